The maximum absolute atomic E-state index is 12.9. The summed E-state index contributed by atoms with van der Waals surface area (Å²) < 4.78 is 15.9. The minimum absolute atomic E-state index is 0.0376. The third kappa shape index (κ3) is 4.58. The van der Waals surface area contributed by atoms with Crippen molar-refractivity contribution in [3.05, 3.63) is 54.2 Å². The van der Waals surface area contributed by atoms with Gasteiger partial charge in [-0.1, -0.05) is 0 Å². The van der Waals surface area contributed by atoms with E-state index >= 15 is 0 Å². The first kappa shape index (κ1) is 20.6. The van der Waals surface area contributed by atoms with Crippen LogP contribution in [0.5, 0.6) is 17.2 Å². The SMILES string of the molecule is COc1ccc(OCC(=O)N2CCN(C(=O)c3cc4cc(OC)ccc4[nH]3)CC2)cc1. The summed E-state index contributed by atoms with van der Waals surface area (Å²) in [5, 5.41) is 0.923. The molecule has 0 atom stereocenters. The Bertz CT molecular complexity index is 1070. The number of rotatable bonds is 6. The number of aromatic nitrogens is 1. The summed E-state index contributed by atoms with van der Waals surface area (Å²) in [4.78, 5) is 32.0. The lowest BCUT2D eigenvalue weighted by Gasteiger charge is -2.34. The third-order valence-electron chi connectivity index (χ3n) is 5.40. The van der Waals surface area contributed by atoms with E-state index in [0.717, 1.165) is 22.4 Å². The lowest BCUT2D eigenvalue weighted by molar-refractivity contribution is -0.134. The second kappa shape index (κ2) is 8.99. The van der Waals surface area contributed by atoms with E-state index in [4.69, 9.17) is 14.2 Å². The standard InChI is InChI=1S/C23H25N3O5/c1-29-17-3-5-18(6-4-17)31-15-22(27)25-9-11-26(12-10-25)23(28)21-14-16-13-19(30-2)7-8-20(16)24-21/h3-8,13-14,24H,9-12,15H2,1-2H3. The van der Waals surface area contributed by atoms with Crippen LogP contribution in [0.2, 0.25) is 0 Å². The van der Waals surface area contributed by atoms with Crippen LogP contribution in [0.25, 0.3) is 10.9 Å². The first-order valence-corrected chi connectivity index (χ1v) is 10.1. The second-order valence-electron chi connectivity index (χ2n) is 7.27. The predicted molar refractivity (Wildman–Crippen MR) is 116 cm³/mol. The topological polar surface area (TPSA) is 84.1 Å². The predicted octanol–water partition coefficient (Wildman–Crippen LogP) is 2.55. The summed E-state index contributed by atoms with van der Waals surface area (Å²) >= 11 is 0. The fourth-order valence-corrected chi connectivity index (χ4v) is 3.59. The van der Waals surface area contributed by atoms with Gasteiger partial charge in [0.25, 0.3) is 11.8 Å². The molecular weight excluding hydrogens is 398 g/mol. The van der Waals surface area contributed by atoms with E-state index < -0.39 is 0 Å². The number of aromatic amines is 1. The number of carbonyl (C=O) groups is 2. The van der Waals surface area contributed by atoms with E-state index in [-0.39, 0.29) is 18.4 Å². The van der Waals surface area contributed by atoms with Gasteiger partial charge in [0.1, 0.15) is 22.9 Å². The van der Waals surface area contributed by atoms with Gasteiger partial charge in [-0.3, -0.25) is 9.59 Å². The monoisotopic (exact) mass is 423 g/mol. The first-order valence-electron chi connectivity index (χ1n) is 10.1. The first-order chi connectivity index (χ1) is 15.1. The van der Waals surface area contributed by atoms with Crippen LogP contribution in [0.3, 0.4) is 0 Å². The van der Waals surface area contributed by atoms with E-state index in [1.807, 2.05) is 24.3 Å². The summed E-state index contributed by atoms with van der Waals surface area (Å²) in [5.74, 6) is 1.92. The Kier molecular flexibility index (Phi) is 5.97. The number of benzene rings is 2. The van der Waals surface area contributed by atoms with E-state index in [9.17, 15) is 9.59 Å². The van der Waals surface area contributed by atoms with Gasteiger partial charge in [-0.2, -0.15) is 0 Å². The molecule has 0 spiro atoms. The van der Waals surface area contributed by atoms with Crippen LogP contribution in [-0.4, -0.2) is 73.6 Å². The molecule has 0 saturated carbocycles. The Morgan fingerprint density at radius 3 is 2.13 bits per heavy atom. The van der Waals surface area contributed by atoms with Crippen molar-refractivity contribution in [3.63, 3.8) is 0 Å². The van der Waals surface area contributed by atoms with Gasteiger partial charge in [-0.15, -0.1) is 0 Å². The molecule has 1 aliphatic heterocycles. The number of nitrogens with one attached hydrogen (secondary N) is 1. The molecule has 0 bridgehead atoms. The van der Waals surface area contributed by atoms with Gasteiger partial charge in [0, 0.05) is 37.1 Å². The molecule has 162 valence electrons. The molecular formula is C23H25N3O5. The quantitative estimate of drug-likeness (QED) is 0.659. The highest BCUT2D eigenvalue weighted by Crippen LogP contribution is 2.22. The number of hydrogen-bond donors (Lipinski definition) is 1. The highest BCUT2D eigenvalue weighted by atomic mass is 16.5. The van der Waals surface area contributed by atoms with Crippen molar-refractivity contribution in [2.24, 2.45) is 0 Å². The van der Waals surface area contributed by atoms with Crippen molar-refractivity contribution in [2.75, 3.05) is 47.0 Å². The van der Waals surface area contributed by atoms with Gasteiger partial charge in [0.15, 0.2) is 6.61 Å². The molecule has 31 heavy (non-hydrogen) atoms. The minimum Gasteiger partial charge on any atom is -0.497 e. The third-order valence-corrected chi connectivity index (χ3v) is 5.40. The summed E-state index contributed by atoms with van der Waals surface area (Å²) in [6, 6.07) is 14.6. The smallest absolute Gasteiger partial charge is 0.270 e. The zero-order chi connectivity index (χ0) is 21.8. The van der Waals surface area contributed by atoms with Gasteiger partial charge in [-0.25, -0.2) is 0 Å². The molecule has 2 heterocycles. The van der Waals surface area contributed by atoms with Crippen molar-refractivity contribution >= 4 is 22.7 Å². The number of H-pyrrole nitrogens is 1. The van der Waals surface area contributed by atoms with Crippen LogP contribution in [0.1, 0.15) is 10.5 Å². The van der Waals surface area contributed by atoms with E-state index in [1.54, 1.807) is 48.3 Å². The molecule has 1 saturated heterocycles. The second-order valence-corrected chi connectivity index (χ2v) is 7.27. The van der Waals surface area contributed by atoms with Crippen LogP contribution in [0, 0.1) is 0 Å². The molecule has 4 rings (SSSR count). The van der Waals surface area contributed by atoms with E-state index in [0.29, 0.717) is 37.6 Å². The number of nitrogens with zero attached hydrogens (tertiary/aromatic N) is 2. The lowest BCUT2D eigenvalue weighted by atomic mass is 10.2. The molecule has 1 aromatic heterocycles. The Labute approximate surface area is 180 Å². The fourth-order valence-electron chi connectivity index (χ4n) is 3.59. The average molecular weight is 423 g/mol. The van der Waals surface area contributed by atoms with Crippen LogP contribution < -0.4 is 14.2 Å². The Morgan fingerprint density at radius 2 is 1.45 bits per heavy atom. The lowest BCUT2D eigenvalue weighted by Crippen LogP contribution is -2.51. The molecule has 1 aliphatic rings. The highest BCUT2D eigenvalue weighted by Gasteiger charge is 2.26. The number of hydrogen-bond acceptors (Lipinski definition) is 5. The number of carbonyl (C=O) groups excluding carboxylic acids is 2. The van der Waals surface area contributed by atoms with Crippen molar-refractivity contribution < 1.29 is 23.8 Å². The van der Waals surface area contributed by atoms with Crippen molar-refractivity contribution in [1.29, 1.82) is 0 Å². The summed E-state index contributed by atoms with van der Waals surface area (Å²) in [6.07, 6.45) is 0. The molecule has 8 heteroatoms. The van der Waals surface area contributed by atoms with Gasteiger partial charge < -0.3 is 29.0 Å². The zero-order valence-corrected chi connectivity index (χ0v) is 17.6. The number of fused-ring (bicyclic) bond motifs is 1. The molecule has 2 aromatic carbocycles. The van der Waals surface area contributed by atoms with Crippen molar-refractivity contribution in [1.82, 2.24) is 14.8 Å². The molecule has 3 aromatic rings. The molecule has 0 unspecified atom stereocenters. The number of piperazine rings is 1. The summed E-state index contributed by atoms with van der Waals surface area (Å²) in [5.41, 5.74) is 1.42. The minimum atomic E-state index is -0.0966. The molecule has 0 aliphatic carbocycles. The fraction of sp³-hybridized carbons (Fsp3) is 0.304. The molecule has 1 N–H and O–H groups in total. The maximum atomic E-state index is 12.9. The van der Waals surface area contributed by atoms with Crippen LogP contribution in [-0.2, 0) is 4.79 Å². The highest BCUT2D eigenvalue weighted by molar-refractivity contribution is 5.98. The number of ether oxygens (including phenoxy) is 3. The summed E-state index contributed by atoms with van der Waals surface area (Å²) in [6.45, 7) is 1.87. The average Bonchev–Trinajstić information content (AvgIpc) is 3.25. The maximum Gasteiger partial charge on any atom is 0.270 e. The largest absolute Gasteiger partial charge is 0.497 e. The van der Waals surface area contributed by atoms with Gasteiger partial charge >= 0.3 is 0 Å². The van der Waals surface area contributed by atoms with Gasteiger partial charge in [0.05, 0.1) is 14.2 Å². The van der Waals surface area contributed by atoms with Gasteiger partial charge in [-0.05, 0) is 48.5 Å². The Hall–Kier alpha value is -3.68. The summed E-state index contributed by atoms with van der Waals surface area (Å²) in [7, 11) is 3.21. The molecule has 1 fully saturated rings. The van der Waals surface area contributed by atoms with Crippen LogP contribution >= 0.6 is 0 Å². The zero-order valence-electron chi connectivity index (χ0n) is 17.6. The molecule has 2 amide bonds. The van der Waals surface area contributed by atoms with Crippen molar-refractivity contribution in [2.45, 2.75) is 0 Å². The Morgan fingerprint density at radius 1 is 0.839 bits per heavy atom. The van der Waals surface area contributed by atoms with Gasteiger partial charge in [0.2, 0.25) is 0 Å². The molecule has 8 nitrogen and oxygen atoms in total. The van der Waals surface area contributed by atoms with Crippen molar-refractivity contribution in [3.8, 4) is 17.2 Å². The normalized spacial score (nSPS) is 13.9. The molecule has 0 radical (unpaired) electrons. The van der Waals surface area contributed by atoms with Crippen LogP contribution in [0.15, 0.2) is 48.5 Å². The van der Waals surface area contributed by atoms with Crippen LogP contribution in [0.4, 0.5) is 0 Å². The Balaban J connectivity index is 1.30. The number of amides is 2. The van der Waals surface area contributed by atoms with E-state index in [2.05, 4.69) is 4.98 Å². The number of methoxy groups -OCH3 is 2. The van der Waals surface area contributed by atoms with E-state index in [1.165, 1.54) is 0 Å².